The zero-order chi connectivity index (χ0) is 16.9. The number of carbonyl (C=O) groups excluding carboxylic acids is 2. The lowest BCUT2D eigenvalue weighted by molar-refractivity contribution is -0.128. The van der Waals surface area contributed by atoms with Crippen molar-refractivity contribution in [3.63, 3.8) is 0 Å². The smallest absolute Gasteiger partial charge is 0.277 e. The largest absolute Gasteiger partial charge is 0.414 e. The van der Waals surface area contributed by atoms with Crippen molar-refractivity contribution in [2.45, 2.75) is 24.6 Å². The van der Waals surface area contributed by atoms with Gasteiger partial charge in [0.25, 0.3) is 5.22 Å². The molecule has 1 fully saturated rings. The van der Waals surface area contributed by atoms with E-state index in [-0.39, 0.29) is 17.6 Å². The van der Waals surface area contributed by atoms with Crippen molar-refractivity contribution in [1.82, 2.24) is 15.1 Å². The summed E-state index contributed by atoms with van der Waals surface area (Å²) in [5.41, 5.74) is 0.750. The number of nitrogens with zero attached hydrogens (tertiary/aromatic N) is 3. The molecule has 1 saturated heterocycles. The normalized spacial score (nSPS) is 14.2. The van der Waals surface area contributed by atoms with Gasteiger partial charge in [0, 0.05) is 22.2 Å². The molecule has 1 aromatic carbocycles. The van der Waals surface area contributed by atoms with Gasteiger partial charge in [-0.1, -0.05) is 11.8 Å². The molecule has 2 heterocycles. The average molecular weight is 458 g/mol. The zero-order valence-corrected chi connectivity index (χ0v) is 15.7. The van der Waals surface area contributed by atoms with E-state index in [1.54, 1.807) is 4.90 Å². The highest BCUT2D eigenvalue weighted by Gasteiger charge is 2.22. The van der Waals surface area contributed by atoms with Gasteiger partial charge in [-0.25, -0.2) is 0 Å². The molecule has 1 N–H and O–H groups in total. The van der Waals surface area contributed by atoms with Crippen LogP contribution in [0.5, 0.6) is 0 Å². The maximum atomic E-state index is 11.9. The van der Waals surface area contributed by atoms with Crippen LogP contribution in [0.1, 0.15) is 18.7 Å². The number of nitrogens with one attached hydrogen (secondary N) is 1. The summed E-state index contributed by atoms with van der Waals surface area (Å²) in [7, 11) is 0. The fourth-order valence-corrected chi connectivity index (χ4v) is 3.19. The number of halogens is 1. The summed E-state index contributed by atoms with van der Waals surface area (Å²) < 4.78 is 6.58. The summed E-state index contributed by atoms with van der Waals surface area (Å²) in [6.07, 6.45) is 1.45. The third kappa shape index (κ3) is 4.69. The predicted octanol–water partition coefficient (Wildman–Crippen LogP) is 2.53. The molecule has 0 atom stereocenters. The molecule has 0 bridgehead atoms. The fraction of sp³-hybridized carbons (Fsp3) is 0.333. The Bertz CT molecular complexity index is 735. The third-order valence-electron chi connectivity index (χ3n) is 3.40. The summed E-state index contributed by atoms with van der Waals surface area (Å²) in [6, 6.07) is 7.55. The van der Waals surface area contributed by atoms with Gasteiger partial charge >= 0.3 is 0 Å². The van der Waals surface area contributed by atoms with Crippen LogP contribution in [0.25, 0.3) is 0 Å². The van der Waals surface area contributed by atoms with Gasteiger partial charge in [-0.15, -0.1) is 10.2 Å². The molecule has 1 aliphatic rings. The molecule has 7 nitrogen and oxygen atoms in total. The molecule has 1 aromatic heterocycles. The minimum atomic E-state index is -0.143. The second-order valence-corrected chi connectivity index (χ2v) is 7.40. The van der Waals surface area contributed by atoms with Crippen LogP contribution in [0.4, 0.5) is 5.69 Å². The molecule has 126 valence electrons. The maximum Gasteiger partial charge on any atom is 0.277 e. The number of hydrogen-bond acceptors (Lipinski definition) is 6. The van der Waals surface area contributed by atoms with Crippen molar-refractivity contribution < 1.29 is 14.0 Å². The standard InChI is InChI=1S/C15H15IN4O3S/c16-10-3-5-11(6-4-10)17-12(21)9-24-15-19-18-13(23-15)8-20-7-1-2-14(20)22/h3-6H,1-2,7-9H2,(H,17,21). The lowest BCUT2D eigenvalue weighted by atomic mass is 10.3. The van der Waals surface area contributed by atoms with E-state index in [0.29, 0.717) is 24.1 Å². The number of anilines is 1. The molecule has 2 amide bonds. The topological polar surface area (TPSA) is 88.3 Å². The van der Waals surface area contributed by atoms with E-state index >= 15 is 0 Å². The first-order valence-corrected chi connectivity index (χ1v) is 9.45. The summed E-state index contributed by atoms with van der Waals surface area (Å²) >= 11 is 3.38. The lowest BCUT2D eigenvalue weighted by Crippen LogP contribution is -2.23. The Morgan fingerprint density at radius 3 is 2.83 bits per heavy atom. The van der Waals surface area contributed by atoms with Crippen LogP contribution >= 0.6 is 34.4 Å². The van der Waals surface area contributed by atoms with Crippen LogP contribution in [-0.4, -0.2) is 39.2 Å². The Hall–Kier alpha value is -1.62. The lowest BCUT2D eigenvalue weighted by Gasteiger charge is -2.11. The van der Waals surface area contributed by atoms with Gasteiger partial charge in [-0.2, -0.15) is 0 Å². The highest BCUT2D eigenvalue weighted by atomic mass is 127. The number of hydrogen-bond donors (Lipinski definition) is 1. The van der Waals surface area contributed by atoms with Crippen molar-refractivity contribution in [2.75, 3.05) is 17.6 Å². The minimum absolute atomic E-state index is 0.110. The van der Waals surface area contributed by atoms with Gasteiger partial charge < -0.3 is 14.6 Å². The molecule has 1 aliphatic heterocycles. The third-order valence-corrected chi connectivity index (χ3v) is 4.94. The second kappa shape index (κ2) is 7.97. The van der Waals surface area contributed by atoms with E-state index in [1.165, 1.54) is 11.8 Å². The zero-order valence-electron chi connectivity index (χ0n) is 12.7. The van der Waals surface area contributed by atoms with Crippen LogP contribution in [0.2, 0.25) is 0 Å². The number of aromatic nitrogens is 2. The highest BCUT2D eigenvalue weighted by molar-refractivity contribution is 14.1. The molecular weight excluding hydrogens is 443 g/mol. The summed E-state index contributed by atoms with van der Waals surface area (Å²) in [4.78, 5) is 25.2. The van der Waals surface area contributed by atoms with E-state index in [4.69, 9.17) is 4.42 Å². The van der Waals surface area contributed by atoms with Crippen molar-refractivity contribution in [3.8, 4) is 0 Å². The average Bonchev–Trinajstić information content (AvgIpc) is 3.18. The van der Waals surface area contributed by atoms with E-state index in [1.807, 2.05) is 24.3 Å². The van der Waals surface area contributed by atoms with E-state index in [9.17, 15) is 9.59 Å². The number of likely N-dealkylation sites (tertiary alicyclic amines) is 1. The van der Waals surface area contributed by atoms with Gasteiger partial charge in [-0.05, 0) is 53.3 Å². The molecule has 0 saturated carbocycles. The summed E-state index contributed by atoms with van der Waals surface area (Å²) in [5.74, 6) is 0.539. The van der Waals surface area contributed by atoms with Gasteiger partial charge in [0.05, 0.1) is 12.3 Å². The van der Waals surface area contributed by atoms with Gasteiger partial charge in [0.2, 0.25) is 17.7 Å². The second-order valence-electron chi connectivity index (χ2n) is 5.22. The molecule has 24 heavy (non-hydrogen) atoms. The van der Waals surface area contributed by atoms with Crippen molar-refractivity contribution in [1.29, 1.82) is 0 Å². The Morgan fingerprint density at radius 1 is 1.33 bits per heavy atom. The van der Waals surface area contributed by atoms with Crippen LogP contribution in [-0.2, 0) is 16.1 Å². The molecule has 0 spiro atoms. The molecule has 3 rings (SSSR count). The molecule has 0 radical (unpaired) electrons. The Balaban J connectivity index is 1.47. The van der Waals surface area contributed by atoms with E-state index in [2.05, 4.69) is 38.1 Å². The number of carbonyl (C=O) groups is 2. The van der Waals surface area contributed by atoms with Crippen LogP contribution in [0, 0.1) is 3.57 Å². The minimum Gasteiger partial charge on any atom is -0.414 e. The molecule has 0 aliphatic carbocycles. The first kappa shape index (κ1) is 17.2. The van der Waals surface area contributed by atoms with Gasteiger partial charge in [0.15, 0.2) is 0 Å². The summed E-state index contributed by atoms with van der Waals surface area (Å²) in [6.45, 7) is 1.06. The SMILES string of the molecule is O=C(CSc1nnc(CN2CCCC2=O)o1)Nc1ccc(I)cc1. The highest BCUT2D eigenvalue weighted by Crippen LogP contribution is 2.19. The monoisotopic (exact) mass is 458 g/mol. The Kier molecular flexibility index (Phi) is 5.72. The number of benzene rings is 1. The molecule has 0 unspecified atom stereocenters. The van der Waals surface area contributed by atoms with Crippen molar-refractivity contribution in [3.05, 3.63) is 33.7 Å². The number of rotatable bonds is 6. The predicted molar refractivity (Wildman–Crippen MR) is 97.5 cm³/mol. The van der Waals surface area contributed by atoms with Crippen LogP contribution in [0.3, 0.4) is 0 Å². The van der Waals surface area contributed by atoms with Gasteiger partial charge in [0.1, 0.15) is 0 Å². The van der Waals surface area contributed by atoms with Crippen LogP contribution in [0.15, 0.2) is 33.9 Å². The first-order chi connectivity index (χ1) is 11.6. The van der Waals surface area contributed by atoms with E-state index in [0.717, 1.165) is 22.2 Å². The fourth-order valence-electron chi connectivity index (χ4n) is 2.25. The van der Waals surface area contributed by atoms with E-state index < -0.39 is 0 Å². The Labute approximate surface area is 156 Å². The maximum absolute atomic E-state index is 11.9. The molecule has 9 heteroatoms. The molecular formula is C15H15IN4O3S. The van der Waals surface area contributed by atoms with Gasteiger partial charge in [-0.3, -0.25) is 9.59 Å². The number of amides is 2. The number of thioether (sulfide) groups is 1. The Morgan fingerprint density at radius 2 is 2.12 bits per heavy atom. The molecule has 2 aromatic rings. The first-order valence-electron chi connectivity index (χ1n) is 7.38. The van der Waals surface area contributed by atoms with Crippen molar-refractivity contribution in [2.24, 2.45) is 0 Å². The quantitative estimate of drug-likeness (QED) is 0.529. The van der Waals surface area contributed by atoms with Crippen molar-refractivity contribution >= 4 is 51.9 Å². The summed E-state index contributed by atoms with van der Waals surface area (Å²) in [5, 5.41) is 11.0. The van der Waals surface area contributed by atoms with Crippen LogP contribution < -0.4 is 5.32 Å².